The van der Waals surface area contributed by atoms with E-state index in [1.165, 1.54) is 0 Å². The Morgan fingerprint density at radius 1 is 1.03 bits per heavy atom. The highest BCUT2D eigenvalue weighted by molar-refractivity contribution is 7.92. The zero-order valence-electron chi connectivity index (χ0n) is 14.5. The molecule has 0 aliphatic heterocycles. The maximum absolute atomic E-state index is 13.6. The predicted molar refractivity (Wildman–Crippen MR) is 102 cm³/mol. The molecular formula is C16H8Cl3F5N2O4S. The van der Waals surface area contributed by atoms with Crippen LogP contribution in [0.4, 0.5) is 32.4 Å². The van der Waals surface area contributed by atoms with Crippen molar-refractivity contribution < 1.29 is 40.0 Å². The third-order valence-electron chi connectivity index (χ3n) is 3.59. The van der Waals surface area contributed by atoms with E-state index in [1.54, 1.807) is 5.32 Å². The van der Waals surface area contributed by atoms with Crippen molar-refractivity contribution >= 4 is 62.3 Å². The third-order valence-corrected chi connectivity index (χ3v) is 6.57. The van der Waals surface area contributed by atoms with E-state index in [0.717, 1.165) is 18.2 Å². The van der Waals surface area contributed by atoms with Crippen LogP contribution in [0, 0.1) is 11.6 Å². The number of carbonyl (C=O) groups is 2. The molecule has 2 aromatic carbocycles. The molecular weight excluding hydrogens is 518 g/mol. The number of imide groups is 1. The molecule has 3 amide bonds. The number of anilines is 1. The molecule has 168 valence electrons. The van der Waals surface area contributed by atoms with Crippen molar-refractivity contribution in [1.82, 2.24) is 5.32 Å². The minimum absolute atomic E-state index is 0.389. The van der Waals surface area contributed by atoms with Gasteiger partial charge in [-0.3, -0.25) is 10.1 Å². The zero-order valence-corrected chi connectivity index (χ0v) is 17.6. The average molecular weight is 526 g/mol. The Bertz CT molecular complexity index is 1140. The fourth-order valence-corrected chi connectivity index (χ4v) is 4.34. The molecule has 2 rings (SSSR count). The minimum Gasteiger partial charge on any atom is -0.306 e. The van der Waals surface area contributed by atoms with Crippen LogP contribution >= 0.6 is 34.8 Å². The van der Waals surface area contributed by atoms with Gasteiger partial charge in [0.1, 0.15) is 17.2 Å². The molecule has 2 N–H and O–H groups in total. The fraction of sp³-hybridized carbons (Fsp3) is 0.125. The monoisotopic (exact) mass is 524 g/mol. The van der Waals surface area contributed by atoms with Gasteiger partial charge in [0.15, 0.2) is 0 Å². The number of nitrogens with one attached hydrogen (secondary N) is 2. The second-order valence-electron chi connectivity index (χ2n) is 5.63. The summed E-state index contributed by atoms with van der Waals surface area (Å²) in [5.41, 5.74) is -5.14. The summed E-state index contributed by atoms with van der Waals surface area (Å²) in [5, 5.41) is -3.12. The molecule has 0 heterocycles. The second kappa shape index (κ2) is 9.15. The first-order valence-corrected chi connectivity index (χ1v) is 10.3. The van der Waals surface area contributed by atoms with Crippen LogP contribution in [0.25, 0.3) is 0 Å². The van der Waals surface area contributed by atoms with Crippen LogP contribution in [-0.2, 0) is 9.84 Å². The molecule has 0 aliphatic rings. The minimum atomic E-state index is -5.72. The number of amides is 3. The smallest absolute Gasteiger partial charge is 0.306 e. The van der Waals surface area contributed by atoms with Gasteiger partial charge in [0, 0.05) is 0 Å². The van der Waals surface area contributed by atoms with E-state index in [4.69, 9.17) is 23.2 Å². The highest BCUT2D eigenvalue weighted by Crippen LogP contribution is 2.41. The molecule has 0 aliphatic carbocycles. The van der Waals surface area contributed by atoms with Crippen LogP contribution < -0.4 is 10.6 Å². The lowest BCUT2D eigenvalue weighted by atomic mass is 10.2. The number of halogens is 8. The highest BCUT2D eigenvalue weighted by Gasteiger charge is 2.54. The van der Waals surface area contributed by atoms with Gasteiger partial charge in [-0.1, -0.05) is 40.9 Å². The lowest BCUT2D eigenvalue weighted by Gasteiger charge is -2.18. The second-order valence-corrected chi connectivity index (χ2v) is 8.82. The summed E-state index contributed by atoms with van der Waals surface area (Å²) in [6.07, 6.45) is 0. The van der Waals surface area contributed by atoms with Gasteiger partial charge in [0.05, 0.1) is 20.6 Å². The van der Waals surface area contributed by atoms with Crippen LogP contribution in [0.15, 0.2) is 35.2 Å². The first kappa shape index (κ1) is 25.1. The van der Waals surface area contributed by atoms with Gasteiger partial charge in [0.2, 0.25) is 9.84 Å². The van der Waals surface area contributed by atoms with Crippen molar-refractivity contribution in [2.45, 2.75) is 15.8 Å². The predicted octanol–water partition coefficient (Wildman–Crippen LogP) is 5.13. The summed E-state index contributed by atoms with van der Waals surface area (Å²) in [4.78, 5) is 22.5. The molecule has 1 atom stereocenters. The molecule has 2 aromatic rings. The van der Waals surface area contributed by atoms with Crippen molar-refractivity contribution in [1.29, 1.82) is 0 Å². The summed E-state index contributed by atoms with van der Waals surface area (Å²) in [5.74, 6) is -3.98. The van der Waals surface area contributed by atoms with Gasteiger partial charge >= 0.3 is 11.3 Å². The van der Waals surface area contributed by atoms with Crippen molar-refractivity contribution in [2.75, 3.05) is 5.32 Å². The van der Waals surface area contributed by atoms with Crippen LogP contribution in [-0.4, -0.2) is 31.2 Å². The number of benzene rings is 2. The number of hydrogen-bond acceptors (Lipinski definition) is 4. The van der Waals surface area contributed by atoms with Crippen LogP contribution in [0.3, 0.4) is 0 Å². The van der Waals surface area contributed by atoms with Crippen molar-refractivity contribution in [3.8, 4) is 0 Å². The van der Waals surface area contributed by atoms with Gasteiger partial charge in [-0.15, -0.1) is 0 Å². The summed E-state index contributed by atoms with van der Waals surface area (Å²) in [6, 6.07) is 2.14. The third kappa shape index (κ3) is 5.03. The van der Waals surface area contributed by atoms with Crippen LogP contribution in [0.2, 0.25) is 10.0 Å². The summed E-state index contributed by atoms with van der Waals surface area (Å²) >= 11 is 16.0. The van der Waals surface area contributed by atoms with E-state index in [9.17, 15) is 40.0 Å². The fourth-order valence-electron chi connectivity index (χ4n) is 2.13. The van der Waals surface area contributed by atoms with Crippen molar-refractivity contribution in [2.24, 2.45) is 0 Å². The largest absolute Gasteiger partial charge is 0.393 e. The Morgan fingerprint density at radius 3 is 2.10 bits per heavy atom. The Labute approximate surface area is 186 Å². The van der Waals surface area contributed by atoms with Crippen LogP contribution in [0.1, 0.15) is 10.4 Å². The van der Waals surface area contributed by atoms with E-state index < -0.39 is 70.5 Å². The van der Waals surface area contributed by atoms with E-state index in [2.05, 4.69) is 11.6 Å². The number of hydrogen-bond donors (Lipinski definition) is 2. The van der Waals surface area contributed by atoms with Gasteiger partial charge < -0.3 is 5.32 Å². The number of sulfone groups is 1. The molecule has 0 radical (unpaired) electrons. The first-order valence-electron chi connectivity index (χ1n) is 7.66. The van der Waals surface area contributed by atoms with Crippen LogP contribution in [0.5, 0.6) is 0 Å². The summed E-state index contributed by atoms with van der Waals surface area (Å²) < 4.78 is 91.2. The molecule has 1 unspecified atom stereocenters. The topological polar surface area (TPSA) is 92.3 Å². The standard InChI is InChI=1S/C16H8Cl3F5N2O4S/c17-6-5-11(31(29,30)16(23,24)14(19)22)7(18)4-10(6)25-15(28)26-13(27)12-8(20)2-1-3-9(12)21/h1-5,14H,(H2,25,26,27,28). The Hall–Kier alpha value is -2.15. The number of urea groups is 1. The number of rotatable bonds is 5. The van der Waals surface area contributed by atoms with Gasteiger partial charge in [-0.25, -0.2) is 26.4 Å². The Kier molecular flexibility index (Phi) is 7.41. The highest BCUT2D eigenvalue weighted by atomic mass is 35.5. The molecule has 6 nitrogen and oxygen atoms in total. The molecule has 31 heavy (non-hydrogen) atoms. The molecule has 0 saturated carbocycles. The normalized spacial score (nSPS) is 12.9. The molecule has 0 saturated heterocycles. The Morgan fingerprint density at radius 2 is 1.58 bits per heavy atom. The lowest BCUT2D eigenvalue weighted by Crippen LogP contribution is -2.36. The van der Waals surface area contributed by atoms with E-state index >= 15 is 0 Å². The Balaban J connectivity index is 2.29. The summed E-state index contributed by atoms with van der Waals surface area (Å²) in [6.45, 7) is 0. The molecule has 0 bridgehead atoms. The van der Waals surface area contributed by atoms with Gasteiger partial charge in [-0.2, -0.15) is 8.78 Å². The zero-order chi connectivity index (χ0) is 23.7. The molecule has 0 spiro atoms. The maximum Gasteiger partial charge on any atom is 0.393 e. The summed E-state index contributed by atoms with van der Waals surface area (Å²) in [7, 11) is -5.72. The molecule has 15 heteroatoms. The average Bonchev–Trinajstić information content (AvgIpc) is 2.63. The number of carbonyl (C=O) groups excluding carboxylic acids is 2. The van der Waals surface area contributed by atoms with E-state index in [1.807, 2.05) is 5.32 Å². The van der Waals surface area contributed by atoms with E-state index in [-0.39, 0.29) is 0 Å². The molecule has 0 aromatic heterocycles. The SMILES string of the molecule is O=C(NC(=O)c1c(F)cccc1F)Nc1cc(Cl)c(S(=O)(=O)C(F)(F)C(F)Cl)cc1Cl. The lowest BCUT2D eigenvalue weighted by molar-refractivity contribution is 0.0423. The van der Waals surface area contributed by atoms with Crippen molar-refractivity contribution in [3.05, 3.63) is 57.6 Å². The number of alkyl halides is 4. The van der Waals surface area contributed by atoms with Gasteiger partial charge in [-0.05, 0) is 24.3 Å². The first-order chi connectivity index (χ1) is 14.2. The van der Waals surface area contributed by atoms with E-state index in [0.29, 0.717) is 12.1 Å². The maximum atomic E-state index is 13.6. The quantitative estimate of drug-likeness (QED) is 0.418. The van der Waals surface area contributed by atoms with Crippen molar-refractivity contribution in [3.63, 3.8) is 0 Å². The van der Waals surface area contributed by atoms with Gasteiger partial charge in [0.25, 0.3) is 11.5 Å². The molecule has 0 fully saturated rings.